The SMILES string of the molecule is COc1ccc(C2=NN(C(=O)CN3CCCCC3)C(c3ccc(Cl)cc3)C2)cc1. The van der Waals surface area contributed by atoms with Gasteiger partial charge in [-0.1, -0.05) is 30.2 Å². The van der Waals surface area contributed by atoms with Crippen molar-refractivity contribution in [3.8, 4) is 5.75 Å². The molecule has 1 atom stereocenters. The third-order valence-electron chi connectivity index (χ3n) is 5.65. The molecule has 2 aromatic carbocycles. The van der Waals surface area contributed by atoms with E-state index in [1.54, 1.807) is 12.1 Å². The number of methoxy groups -OCH3 is 1. The van der Waals surface area contributed by atoms with Crippen molar-refractivity contribution in [2.45, 2.75) is 31.7 Å². The summed E-state index contributed by atoms with van der Waals surface area (Å²) >= 11 is 6.07. The summed E-state index contributed by atoms with van der Waals surface area (Å²) in [6.07, 6.45) is 4.25. The molecule has 1 amide bonds. The van der Waals surface area contributed by atoms with E-state index in [2.05, 4.69) is 4.90 Å². The summed E-state index contributed by atoms with van der Waals surface area (Å²) in [6, 6.07) is 15.4. The average molecular weight is 412 g/mol. The van der Waals surface area contributed by atoms with Gasteiger partial charge in [0, 0.05) is 11.4 Å². The van der Waals surface area contributed by atoms with E-state index in [0.29, 0.717) is 18.0 Å². The summed E-state index contributed by atoms with van der Waals surface area (Å²) in [5.41, 5.74) is 2.98. The van der Waals surface area contributed by atoms with Gasteiger partial charge < -0.3 is 4.74 Å². The van der Waals surface area contributed by atoms with E-state index in [-0.39, 0.29) is 11.9 Å². The highest BCUT2D eigenvalue weighted by atomic mass is 35.5. The Balaban J connectivity index is 1.59. The molecule has 6 heteroatoms. The van der Waals surface area contributed by atoms with Gasteiger partial charge in [0.15, 0.2) is 0 Å². The van der Waals surface area contributed by atoms with Crippen LogP contribution in [0.15, 0.2) is 53.6 Å². The monoisotopic (exact) mass is 411 g/mol. The van der Waals surface area contributed by atoms with Gasteiger partial charge in [-0.2, -0.15) is 5.10 Å². The Labute approximate surface area is 176 Å². The molecule has 29 heavy (non-hydrogen) atoms. The number of nitrogens with zero attached hydrogens (tertiary/aromatic N) is 3. The molecule has 2 aliphatic heterocycles. The van der Waals surface area contributed by atoms with E-state index in [0.717, 1.165) is 48.5 Å². The Morgan fingerprint density at radius 1 is 1.07 bits per heavy atom. The van der Waals surface area contributed by atoms with E-state index < -0.39 is 0 Å². The fourth-order valence-electron chi connectivity index (χ4n) is 4.02. The Kier molecular flexibility index (Phi) is 6.16. The van der Waals surface area contributed by atoms with Gasteiger partial charge in [0.25, 0.3) is 5.91 Å². The molecule has 2 aliphatic rings. The lowest BCUT2D eigenvalue weighted by atomic mass is 9.98. The third kappa shape index (κ3) is 4.62. The molecule has 2 aromatic rings. The van der Waals surface area contributed by atoms with Gasteiger partial charge in [-0.05, 0) is 73.5 Å². The Bertz CT molecular complexity index is 874. The van der Waals surface area contributed by atoms with Crippen molar-refractivity contribution >= 4 is 23.2 Å². The maximum atomic E-state index is 13.2. The summed E-state index contributed by atoms with van der Waals surface area (Å²) in [5, 5.41) is 7.13. The fraction of sp³-hybridized carbons (Fsp3) is 0.391. The van der Waals surface area contributed by atoms with Crippen molar-refractivity contribution in [1.29, 1.82) is 0 Å². The molecular weight excluding hydrogens is 386 g/mol. The van der Waals surface area contributed by atoms with E-state index in [1.165, 1.54) is 6.42 Å². The van der Waals surface area contributed by atoms with Crippen LogP contribution in [0, 0.1) is 0 Å². The van der Waals surface area contributed by atoms with Gasteiger partial charge in [-0.3, -0.25) is 9.69 Å². The van der Waals surface area contributed by atoms with Gasteiger partial charge >= 0.3 is 0 Å². The van der Waals surface area contributed by atoms with Gasteiger partial charge in [0.2, 0.25) is 0 Å². The quantitative estimate of drug-likeness (QED) is 0.727. The molecule has 5 nitrogen and oxygen atoms in total. The number of benzene rings is 2. The number of piperidine rings is 1. The van der Waals surface area contributed by atoms with Crippen molar-refractivity contribution in [2.24, 2.45) is 5.10 Å². The van der Waals surface area contributed by atoms with Crippen molar-refractivity contribution in [1.82, 2.24) is 9.91 Å². The smallest absolute Gasteiger partial charge is 0.257 e. The maximum Gasteiger partial charge on any atom is 0.257 e. The first-order valence-electron chi connectivity index (χ1n) is 10.2. The standard InChI is InChI=1S/C23H26ClN3O2/c1-29-20-11-7-17(8-12-20)21-15-22(18-5-9-19(24)10-6-18)27(25-21)23(28)16-26-13-3-2-4-14-26/h5-12,22H,2-4,13-16H2,1H3. The van der Waals surface area contributed by atoms with Crippen LogP contribution >= 0.6 is 11.6 Å². The largest absolute Gasteiger partial charge is 0.497 e. The molecule has 4 rings (SSSR count). The number of rotatable bonds is 5. The third-order valence-corrected chi connectivity index (χ3v) is 5.90. The van der Waals surface area contributed by atoms with Crippen LogP contribution < -0.4 is 4.74 Å². The summed E-state index contributed by atoms with van der Waals surface area (Å²) in [4.78, 5) is 15.4. The molecular formula is C23H26ClN3O2. The molecule has 0 radical (unpaired) electrons. The molecule has 0 aromatic heterocycles. The Morgan fingerprint density at radius 2 is 1.76 bits per heavy atom. The number of likely N-dealkylation sites (tertiary alicyclic amines) is 1. The van der Waals surface area contributed by atoms with Crippen LogP contribution in [-0.4, -0.2) is 48.3 Å². The van der Waals surface area contributed by atoms with Crippen molar-refractivity contribution in [3.05, 3.63) is 64.7 Å². The van der Waals surface area contributed by atoms with Crippen molar-refractivity contribution in [2.75, 3.05) is 26.7 Å². The first kappa shape index (κ1) is 19.9. The first-order chi connectivity index (χ1) is 14.1. The van der Waals surface area contributed by atoms with Crippen LogP contribution in [0.1, 0.15) is 42.9 Å². The van der Waals surface area contributed by atoms with E-state index >= 15 is 0 Å². The lowest BCUT2D eigenvalue weighted by Gasteiger charge is -2.29. The van der Waals surface area contributed by atoms with Crippen molar-refractivity contribution in [3.63, 3.8) is 0 Å². The second kappa shape index (κ2) is 8.97. The topological polar surface area (TPSA) is 45.1 Å². The molecule has 0 aliphatic carbocycles. The molecule has 1 unspecified atom stereocenters. The molecule has 0 bridgehead atoms. The zero-order chi connectivity index (χ0) is 20.2. The van der Waals surface area contributed by atoms with Gasteiger partial charge in [-0.15, -0.1) is 0 Å². The summed E-state index contributed by atoms with van der Waals surface area (Å²) in [7, 11) is 1.65. The summed E-state index contributed by atoms with van der Waals surface area (Å²) in [5.74, 6) is 0.856. The number of halogens is 1. The van der Waals surface area contributed by atoms with Crippen LogP contribution in [-0.2, 0) is 4.79 Å². The summed E-state index contributed by atoms with van der Waals surface area (Å²) in [6.45, 7) is 2.39. The minimum absolute atomic E-state index is 0.0513. The Morgan fingerprint density at radius 3 is 2.41 bits per heavy atom. The minimum atomic E-state index is -0.110. The molecule has 0 spiro atoms. The van der Waals surface area contributed by atoms with Gasteiger partial charge in [-0.25, -0.2) is 5.01 Å². The highest BCUT2D eigenvalue weighted by Crippen LogP contribution is 2.34. The lowest BCUT2D eigenvalue weighted by molar-refractivity contribution is -0.134. The maximum absolute atomic E-state index is 13.2. The van der Waals surface area contributed by atoms with E-state index in [1.807, 2.05) is 48.5 Å². The number of amides is 1. The van der Waals surface area contributed by atoms with Crippen LogP contribution in [0.4, 0.5) is 0 Å². The van der Waals surface area contributed by atoms with Crippen LogP contribution in [0.5, 0.6) is 5.75 Å². The molecule has 0 N–H and O–H groups in total. The highest BCUT2D eigenvalue weighted by Gasteiger charge is 2.33. The molecule has 2 heterocycles. The highest BCUT2D eigenvalue weighted by molar-refractivity contribution is 6.30. The zero-order valence-corrected chi connectivity index (χ0v) is 17.4. The lowest BCUT2D eigenvalue weighted by Crippen LogP contribution is -2.40. The molecule has 1 saturated heterocycles. The normalized spacial score (nSPS) is 19.9. The van der Waals surface area contributed by atoms with Gasteiger partial charge in [0.1, 0.15) is 5.75 Å². The number of carbonyl (C=O) groups excluding carboxylic acids is 1. The van der Waals surface area contributed by atoms with Crippen LogP contribution in [0.25, 0.3) is 0 Å². The Hall–Kier alpha value is -2.37. The number of hydrogen-bond acceptors (Lipinski definition) is 4. The molecule has 1 fully saturated rings. The second-order valence-electron chi connectivity index (χ2n) is 7.62. The first-order valence-corrected chi connectivity index (χ1v) is 10.5. The second-order valence-corrected chi connectivity index (χ2v) is 8.06. The minimum Gasteiger partial charge on any atom is -0.497 e. The summed E-state index contributed by atoms with van der Waals surface area (Å²) < 4.78 is 5.25. The van der Waals surface area contributed by atoms with Crippen molar-refractivity contribution < 1.29 is 9.53 Å². The van der Waals surface area contributed by atoms with Crippen LogP contribution in [0.2, 0.25) is 5.02 Å². The molecule has 152 valence electrons. The number of hydrogen-bond donors (Lipinski definition) is 0. The number of ether oxygens (including phenoxy) is 1. The van der Waals surface area contributed by atoms with Crippen LogP contribution in [0.3, 0.4) is 0 Å². The predicted octanol–water partition coefficient (Wildman–Crippen LogP) is 4.51. The molecule has 0 saturated carbocycles. The number of carbonyl (C=O) groups is 1. The fourth-order valence-corrected chi connectivity index (χ4v) is 4.15. The number of hydrazone groups is 1. The van der Waals surface area contributed by atoms with E-state index in [4.69, 9.17) is 21.4 Å². The zero-order valence-electron chi connectivity index (χ0n) is 16.7. The predicted molar refractivity (Wildman–Crippen MR) is 115 cm³/mol. The van der Waals surface area contributed by atoms with E-state index in [9.17, 15) is 4.79 Å². The average Bonchev–Trinajstić information content (AvgIpc) is 3.21. The van der Waals surface area contributed by atoms with Gasteiger partial charge in [0.05, 0.1) is 25.4 Å².